The molecule has 27 heavy (non-hydrogen) atoms. The number of aliphatic hydroxyl groups is 1. The number of aromatic nitrogens is 1. The Labute approximate surface area is 160 Å². The van der Waals surface area contributed by atoms with Gasteiger partial charge < -0.3 is 19.8 Å². The molecule has 0 saturated carbocycles. The van der Waals surface area contributed by atoms with Gasteiger partial charge in [0.05, 0.1) is 23.2 Å². The van der Waals surface area contributed by atoms with Crippen LogP contribution in [0.1, 0.15) is 17.2 Å². The zero-order valence-electron chi connectivity index (χ0n) is 14.4. The number of ether oxygens (including phenoxy) is 1. The zero-order valence-corrected chi connectivity index (χ0v) is 15.2. The van der Waals surface area contributed by atoms with E-state index in [1.165, 1.54) is 36.5 Å². The number of benzene rings is 1. The van der Waals surface area contributed by atoms with Gasteiger partial charge in [0, 0.05) is 31.6 Å². The van der Waals surface area contributed by atoms with Gasteiger partial charge in [0.25, 0.3) is 11.7 Å². The number of hydrogen-bond acceptors (Lipinski definition) is 6. The summed E-state index contributed by atoms with van der Waals surface area (Å²) in [6.07, 6.45) is 2.95. The average molecular weight is 389 g/mol. The molecule has 1 aliphatic heterocycles. The smallest absolute Gasteiger partial charge is 0.295 e. The predicted octanol–water partition coefficient (Wildman–Crippen LogP) is 2.51. The molecular formula is C19H17ClN2O5. The maximum Gasteiger partial charge on any atom is 0.295 e. The van der Waals surface area contributed by atoms with E-state index in [1.54, 1.807) is 18.2 Å². The van der Waals surface area contributed by atoms with Gasteiger partial charge >= 0.3 is 0 Å². The quantitative estimate of drug-likeness (QED) is 0.464. The predicted molar refractivity (Wildman–Crippen MR) is 98.2 cm³/mol. The van der Waals surface area contributed by atoms with Crippen molar-refractivity contribution in [3.05, 3.63) is 64.4 Å². The van der Waals surface area contributed by atoms with Crippen LogP contribution in [0, 0.1) is 0 Å². The minimum atomic E-state index is -0.855. The number of phenolic OH excluding ortho intramolecular Hbond substituents is 1. The van der Waals surface area contributed by atoms with Crippen molar-refractivity contribution in [2.24, 2.45) is 0 Å². The van der Waals surface area contributed by atoms with Crippen LogP contribution in [0.25, 0.3) is 5.76 Å². The highest BCUT2D eigenvalue weighted by molar-refractivity contribution is 6.46. The number of Topliss-reactive ketones (excluding diaryl/α,β-unsaturated/α-hetero) is 1. The Morgan fingerprint density at radius 1 is 1.26 bits per heavy atom. The van der Waals surface area contributed by atoms with E-state index in [0.29, 0.717) is 11.1 Å². The number of carbonyl (C=O) groups excluding carboxylic acids is 2. The summed E-state index contributed by atoms with van der Waals surface area (Å²) in [7, 11) is 1.49. The van der Waals surface area contributed by atoms with Gasteiger partial charge in [-0.1, -0.05) is 17.7 Å². The molecule has 1 fully saturated rings. The molecule has 8 heteroatoms. The van der Waals surface area contributed by atoms with Crippen molar-refractivity contribution in [1.82, 2.24) is 9.88 Å². The van der Waals surface area contributed by atoms with E-state index in [0.717, 1.165) is 0 Å². The molecule has 1 saturated heterocycles. The first-order chi connectivity index (χ1) is 13.0. The summed E-state index contributed by atoms with van der Waals surface area (Å²) >= 11 is 6.01. The van der Waals surface area contributed by atoms with E-state index >= 15 is 0 Å². The number of carbonyl (C=O) groups is 2. The van der Waals surface area contributed by atoms with Crippen LogP contribution < -0.4 is 0 Å². The number of ketones is 1. The molecule has 1 unspecified atom stereocenters. The first-order valence-corrected chi connectivity index (χ1v) is 8.49. The van der Waals surface area contributed by atoms with E-state index in [1.807, 2.05) is 0 Å². The standard InChI is InChI=1S/C19H17ClN2O5/c1-27-9-8-22-16(12-2-3-14(23)13(20)10-12)15(18(25)19(22)26)17(24)11-4-6-21-7-5-11/h2-7,10,16,23-24H,8-9H2,1H3/b17-15-. The normalized spacial score (nSPS) is 18.9. The molecule has 1 aliphatic rings. The molecule has 7 nitrogen and oxygen atoms in total. The van der Waals surface area contributed by atoms with Crippen LogP contribution in [0.3, 0.4) is 0 Å². The summed E-state index contributed by atoms with van der Waals surface area (Å²) in [5.74, 6) is -1.96. The van der Waals surface area contributed by atoms with Crippen LogP contribution >= 0.6 is 11.6 Å². The van der Waals surface area contributed by atoms with Crippen molar-refractivity contribution in [2.75, 3.05) is 20.3 Å². The van der Waals surface area contributed by atoms with Crippen LogP contribution in [0.15, 0.2) is 48.3 Å². The van der Waals surface area contributed by atoms with E-state index in [4.69, 9.17) is 16.3 Å². The van der Waals surface area contributed by atoms with Crippen molar-refractivity contribution in [1.29, 1.82) is 0 Å². The molecule has 2 aromatic rings. The fourth-order valence-corrected chi connectivity index (χ4v) is 3.19. The SMILES string of the molecule is COCCN1C(=O)C(=O)/C(=C(\O)c2ccncc2)C1c1ccc(O)c(Cl)c1. The number of likely N-dealkylation sites (tertiary alicyclic amines) is 1. The van der Waals surface area contributed by atoms with Gasteiger partial charge in [-0.3, -0.25) is 14.6 Å². The fourth-order valence-electron chi connectivity index (χ4n) is 3.01. The Morgan fingerprint density at radius 2 is 1.96 bits per heavy atom. The number of aliphatic hydroxyl groups excluding tert-OH is 1. The number of methoxy groups -OCH3 is 1. The fraction of sp³-hybridized carbons (Fsp3) is 0.211. The van der Waals surface area contributed by atoms with Gasteiger partial charge in [0.1, 0.15) is 11.5 Å². The molecule has 2 N–H and O–H groups in total. The lowest BCUT2D eigenvalue weighted by atomic mass is 9.95. The number of aromatic hydroxyl groups is 1. The third-order valence-corrected chi connectivity index (χ3v) is 4.62. The summed E-state index contributed by atoms with van der Waals surface area (Å²) in [6.45, 7) is 0.363. The lowest BCUT2D eigenvalue weighted by Crippen LogP contribution is -2.32. The van der Waals surface area contributed by atoms with Gasteiger partial charge in [-0.15, -0.1) is 0 Å². The average Bonchev–Trinajstić information content (AvgIpc) is 2.93. The topological polar surface area (TPSA) is 100.0 Å². The van der Waals surface area contributed by atoms with Crippen LogP contribution in [0.4, 0.5) is 0 Å². The maximum absolute atomic E-state index is 12.7. The second-order valence-electron chi connectivity index (χ2n) is 5.93. The van der Waals surface area contributed by atoms with Crippen molar-refractivity contribution in [3.63, 3.8) is 0 Å². The molecule has 2 heterocycles. The number of amides is 1. The largest absolute Gasteiger partial charge is 0.507 e. The highest BCUT2D eigenvalue weighted by Gasteiger charge is 2.46. The molecule has 0 spiro atoms. The van der Waals surface area contributed by atoms with Gasteiger partial charge in [-0.05, 0) is 29.8 Å². The Hall–Kier alpha value is -2.90. The minimum absolute atomic E-state index is 0.0518. The van der Waals surface area contributed by atoms with Crippen molar-refractivity contribution in [3.8, 4) is 5.75 Å². The Bertz CT molecular complexity index is 914. The van der Waals surface area contributed by atoms with Gasteiger partial charge in [0.2, 0.25) is 0 Å². The lowest BCUT2D eigenvalue weighted by molar-refractivity contribution is -0.140. The van der Waals surface area contributed by atoms with Gasteiger partial charge in [0.15, 0.2) is 0 Å². The number of nitrogens with zero attached hydrogens (tertiary/aromatic N) is 2. The third-order valence-electron chi connectivity index (χ3n) is 4.32. The Balaban J connectivity index is 2.18. The molecular weight excluding hydrogens is 372 g/mol. The van der Waals surface area contributed by atoms with E-state index < -0.39 is 17.7 Å². The van der Waals surface area contributed by atoms with Crippen LogP contribution in [-0.2, 0) is 14.3 Å². The second-order valence-corrected chi connectivity index (χ2v) is 6.34. The summed E-state index contributed by atoms with van der Waals surface area (Å²) in [4.78, 5) is 30.5. The van der Waals surface area contributed by atoms with Crippen LogP contribution in [-0.4, -0.2) is 52.0 Å². The van der Waals surface area contributed by atoms with Crippen molar-refractivity contribution >= 4 is 29.1 Å². The monoisotopic (exact) mass is 388 g/mol. The second kappa shape index (κ2) is 7.77. The highest BCUT2D eigenvalue weighted by atomic mass is 35.5. The Kier molecular flexibility index (Phi) is 5.43. The molecule has 1 atom stereocenters. The summed E-state index contributed by atoms with van der Waals surface area (Å²) < 4.78 is 5.04. The summed E-state index contributed by atoms with van der Waals surface area (Å²) in [6, 6.07) is 6.62. The van der Waals surface area contributed by atoms with Crippen LogP contribution in [0.2, 0.25) is 5.02 Å². The Morgan fingerprint density at radius 3 is 2.59 bits per heavy atom. The van der Waals surface area contributed by atoms with Crippen molar-refractivity contribution < 1.29 is 24.5 Å². The zero-order chi connectivity index (χ0) is 19.6. The number of pyridine rings is 1. The number of hydrogen-bond donors (Lipinski definition) is 2. The molecule has 1 amide bonds. The first kappa shape index (κ1) is 18.9. The van der Waals surface area contributed by atoms with Gasteiger partial charge in [-0.25, -0.2) is 0 Å². The third kappa shape index (κ3) is 3.51. The number of rotatable bonds is 5. The molecule has 1 aromatic heterocycles. The first-order valence-electron chi connectivity index (χ1n) is 8.12. The summed E-state index contributed by atoms with van der Waals surface area (Å²) in [5.41, 5.74) is 0.803. The molecule has 140 valence electrons. The maximum atomic E-state index is 12.7. The van der Waals surface area contributed by atoms with Crippen LogP contribution in [0.5, 0.6) is 5.75 Å². The molecule has 0 aliphatic carbocycles. The lowest BCUT2D eigenvalue weighted by Gasteiger charge is -2.25. The number of halogens is 1. The summed E-state index contributed by atoms with van der Waals surface area (Å²) in [5, 5.41) is 20.5. The van der Waals surface area contributed by atoms with E-state index in [2.05, 4.69) is 4.98 Å². The number of phenols is 1. The molecule has 1 aromatic carbocycles. The van der Waals surface area contributed by atoms with E-state index in [-0.39, 0.29) is 35.3 Å². The van der Waals surface area contributed by atoms with Crippen molar-refractivity contribution in [2.45, 2.75) is 6.04 Å². The highest BCUT2D eigenvalue weighted by Crippen LogP contribution is 2.40. The molecule has 0 radical (unpaired) electrons. The van der Waals surface area contributed by atoms with Gasteiger partial charge in [-0.2, -0.15) is 0 Å². The van der Waals surface area contributed by atoms with E-state index in [9.17, 15) is 19.8 Å². The minimum Gasteiger partial charge on any atom is -0.507 e. The molecule has 0 bridgehead atoms. The molecule has 3 rings (SSSR count).